The standard InChI is InChI=1S/C26H21NO3/c1-17-10-12-19(13-11-17)23-21-8-4-5-9-22(21)26(29)30-24(23)25(28)27-15-14-18-6-2-3-7-20(18)16-27/h2-13H,14-16H2,1H3. The number of hydrogen-bond acceptors (Lipinski definition) is 3. The molecule has 1 amide bonds. The van der Waals surface area contributed by atoms with Crippen LogP contribution in [0.15, 0.2) is 82.0 Å². The molecule has 4 nitrogen and oxygen atoms in total. The van der Waals surface area contributed by atoms with Gasteiger partial charge >= 0.3 is 5.63 Å². The summed E-state index contributed by atoms with van der Waals surface area (Å²) in [4.78, 5) is 28.0. The van der Waals surface area contributed by atoms with Crippen molar-refractivity contribution in [1.82, 2.24) is 4.90 Å². The van der Waals surface area contributed by atoms with E-state index in [9.17, 15) is 9.59 Å². The van der Waals surface area contributed by atoms with Gasteiger partial charge in [-0.15, -0.1) is 0 Å². The van der Waals surface area contributed by atoms with Crippen LogP contribution in [0.25, 0.3) is 21.9 Å². The molecule has 0 radical (unpaired) electrons. The summed E-state index contributed by atoms with van der Waals surface area (Å²) in [6.07, 6.45) is 0.791. The Morgan fingerprint density at radius 3 is 2.30 bits per heavy atom. The predicted octanol–water partition coefficient (Wildman–Crippen LogP) is 4.97. The molecule has 30 heavy (non-hydrogen) atoms. The van der Waals surface area contributed by atoms with Crippen LogP contribution < -0.4 is 5.63 Å². The molecule has 0 spiro atoms. The van der Waals surface area contributed by atoms with E-state index in [2.05, 4.69) is 6.07 Å². The summed E-state index contributed by atoms with van der Waals surface area (Å²) < 4.78 is 5.66. The number of benzene rings is 3. The van der Waals surface area contributed by atoms with Gasteiger partial charge in [-0.3, -0.25) is 4.79 Å². The Hall–Kier alpha value is -3.66. The molecule has 0 atom stereocenters. The van der Waals surface area contributed by atoms with E-state index in [0.29, 0.717) is 24.0 Å². The van der Waals surface area contributed by atoms with Crippen LogP contribution in [0.1, 0.15) is 27.2 Å². The maximum Gasteiger partial charge on any atom is 0.344 e. The van der Waals surface area contributed by atoms with Crippen LogP contribution in [0.3, 0.4) is 0 Å². The van der Waals surface area contributed by atoms with Crippen molar-refractivity contribution < 1.29 is 9.21 Å². The van der Waals surface area contributed by atoms with E-state index in [4.69, 9.17) is 4.42 Å². The molecular weight excluding hydrogens is 374 g/mol. The summed E-state index contributed by atoms with van der Waals surface area (Å²) in [5.41, 5.74) is 4.58. The molecule has 4 heteroatoms. The summed E-state index contributed by atoms with van der Waals surface area (Å²) in [6, 6.07) is 23.4. The SMILES string of the molecule is Cc1ccc(-c2c(C(=O)N3CCc4ccccc4C3)oc(=O)c3ccccc23)cc1. The fourth-order valence-electron chi connectivity index (χ4n) is 4.17. The van der Waals surface area contributed by atoms with Crippen molar-refractivity contribution in [3.05, 3.63) is 106 Å². The number of aryl methyl sites for hydroxylation is 1. The summed E-state index contributed by atoms with van der Waals surface area (Å²) in [5, 5.41) is 1.21. The number of hydrogen-bond donors (Lipinski definition) is 0. The zero-order valence-corrected chi connectivity index (χ0v) is 16.7. The van der Waals surface area contributed by atoms with Crippen LogP contribution >= 0.6 is 0 Å². The van der Waals surface area contributed by atoms with Crippen molar-refractivity contribution in [2.75, 3.05) is 6.54 Å². The fourth-order valence-corrected chi connectivity index (χ4v) is 4.17. The fraction of sp³-hybridized carbons (Fsp3) is 0.154. The smallest absolute Gasteiger partial charge is 0.344 e. The van der Waals surface area contributed by atoms with Crippen molar-refractivity contribution in [3.8, 4) is 11.1 Å². The molecule has 148 valence electrons. The summed E-state index contributed by atoms with van der Waals surface area (Å²) in [6.45, 7) is 3.13. The second-order valence-corrected chi connectivity index (χ2v) is 7.75. The monoisotopic (exact) mass is 395 g/mol. The Labute approximate surface area is 174 Å². The van der Waals surface area contributed by atoms with E-state index in [1.165, 1.54) is 5.56 Å². The zero-order valence-electron chi connectivity index (χ0n) is 16.7. The molecule has 0 N–H and O–H groups in total. The maximum atomic E-state index is 13.6. The topological polar surface area (TPSA) is 50.5 Å². The van der Waals surface area contributed by atoms with Gasteiger partial charge in [0.25, 0.3) is 5.91 Å². The van der Waals surface area contributed by atoms with Gasteiger partial charge in [-0.2, -0.15) is 0 Å². The van der Waals surface area contributed by atoms with E-state index in [-0.39, 0.29) is 11.7 Å². The zero-order chi connectivity index (χ0) is 20.7. The largest absolute Gasteiger partial charge is 0.416 e. The number of amides is 1. The Bertz CT molecular complexity index is 1320. The first-order valence-corrected chi connectivity index (χ1v) is 10.1. The molecule has 0 saturated carbocycles. The molecule has 5 rings (SSSR count). The minimum Gasteiger partial charge on any atom is -0.416 e. The van der Waals surface area contributed by atoms with Crippen LogP contribution in [0.4, 0.5) is 0 Å². The molecule has 0 aliphatic carbocycles. The van der Waals surface area contributed by atoms with Crippen LogP contribution in [0.5, 0.6) is 0 Å². The number of carbonyl (C=O) groups is 1. The van der Waals surface area contributed by atoms with E-state index < -0.39 is 5.63 Å². The second-order valence-electron chi connectivity index (χ2n) is 7.75. The summed E-state index contributed by atoms with van der Waals surface area (Å²) in [5.74, 6) is -0.134. The van der Waals surface area contributed by atoms with E-state index in [0.717, 1.165) is 28.5 Å². The predicted molar refractivity (Wildman–Crippen MR) is 118 cm³/mol. The lowest BCUT2D eigenvalue weighted by molar-refractivity contribution is 0.0699. The van der Waals surface area contributed by atoms with Crippen molar-refractivity contribution in [1.29, 1.82) is 0 Å². The first-order chi connectivity index (χ1) is 14.6. The van der Waals surface area contributed by atoms with E-state index in [1.807, 2.05) is 61.5 Å². The quantitative estimate of drug-likeness (QED) is 0.482. The lowest BCUT2D eigenvalue weighted by Crippen LogP contribution is -2.36. The number of carbonyl (C=O) groups excluding carboxylic acids is 1. The van der Waals surface area contributed by atoms with Crippen molar-refractivity contribution in [3.63, 3.8) is 0 Å². The van der Waals surface area contributed by atoms with Gasteiger partial charge in [-0.05, 0) is 36.1 Å². The average molecular weight is 395 g/mol. The van der Waals surface area contributed by atoms with Gasteiger partial charge in [0.2, 0.25) is 5.76 Å². The molecule has 2 heterocycles. The highest BCUT2D eigenvalue weighted by molar-refractivity contribution is 6.07. The molecule has 0 bridgehead atoms. The molecule has 1 aliphatic heterocycles. The van der Waals surface area contributed by atoms with Crippen LogP contribution in [0.2, 0.25) is 0 Å². The molecule has 1 aromatic heterocycles. The Morgan fingerprint density at radius 2 is 1.53 bits per heavy atom. The van der Waals surface area contributed by atoms with Gasteiger partial charge < -0.3 is 9.32 Å². The van der Waals surface area contributed by atoms with Crippen molar-refractivity contribution in [2.45, 2.75) is 19.9 Å². The minimum atomic E-state index is -0.484. The third kappa shape index (κ3) is 3.11. The van der Waals surface area contributed by atoms with E-state index >= 15 is 0 Å². The van der Waals surface area contributed by atoms with Gasteiger partial charge in [0.15, 0.2) is 0 Å². The highest BCUT2D eigenvalue weighted by Crippen LogP contribution is 2.32. The van der Waals surface area contributed by atoms with Gasteiger partial charge in [-0.25, -0.2) is 4.79 Å². The van der Waals surface area contributed by atoms with Gasteiger partial charge in [0.05, 0.1) is 5.39 Å². The summed E-state index contributed by atoms with van der Waals surface area (Å²) >= 11 is 0. The first kappa shape index (κ1) is 18.4. The minimum absolute atomic E-state index is 0.113. The number of fused-ring (bicyclic) bond motifs is 2. The Kier molecular flexibility index (Phi) is 4.47. The van der Waals surface area contributed by atoms with Crippen LogP contribution in [-0.2, 0) is 13.0 Å². The van der Waals surface area contributed by atoms with Crippen molar-refractivity contribution in [2.24, 2.45) is 0 Å². The molecule has 0 saturated heterocycles. The normalized spacial score (nSPS) is 13.3. The Morgan fingerprint density at radius 1 is 0.867 bits per heavy atom. The van der Waals surface area contributed by atoms with Gasteiger partial charge in [0, 0.05) is 24.0 Å². The molecule has 0 fully saturated rings. The second kappa shape index (κ2) is 7.30. The number of rotatable bonds is 2. The van der Waals surface area contributed by atoms with Gasteiger partial charge in [-0.1, -0.05) is 72.3 Å². The molecule has 3 aromatic carbocycles. The maximum absolute atomic E-state index is 13.6. The van der Waals surface area contributed by atoms with Crippen LogP contribution in [-0.4, -0.2) is 17.4 Å². The third-order valence-corrected chi connectivity index (χ3v) is 5.79. The third-order valence-electron chi connectivity index (χ3n) is 5.79. The lowest BCUT2D eigenvalue weighted by Gasteiger charge is -2.29. The van der Waals surface area contributed by atoms with Crippen molar-refractivity contribution >= 4 is 16.7 Å². The molecular formula is C26H21NO3. The van der Waals surface area contributed by atoms with Crippen LogP contribution in [0, 0.1) is 6.92 Å². The number of nitrogens with zero attached hydrogens (tertiary/aromatic N) is 1. The van der Waals surface area contributed by atoms with E-state index in [1.54, 1.807) is 17.0 Å². The lowest BCUT2D eigenvalue weighted by atomic mass is 9.96. The van der Waals surface area contributed by atoms with Gasteiger partial charge in [0.1, 0.15) is 0 Å². The summed E-state index contributed by atoms with van der Waals surface area (Å²) in [7, 11) is 0. The molecule has 0 unspecified atom stereocenters. The molecule has 4 aromatic rings. The molecule has 1 aliphatic rings. The average Bonchev–Trinajstić information content (AvgIpc) is 2.79. The Balaban J connectivity index is 1.67. The highest BCUT2D eigenvalue weighted by atomic mass is 16.4. The highest BCUT2D eigenvalue weighted by Gasteiger charge is 2.28. The first-order valence-electron chi connectivity index (χ1n) is 10.1.